The van der Waals surface area contributed by atoms with Crippen LogP contribution in [0.15, 0.2) is 122 Å². The number of esters is 3. The molecule has 0 bridgehead atoms. The van der Waals surface area contributed by atoms with Gasteiger partial charge in [-0.25, -0.2) is 0 Å². The van der Waals surface area contributed by atoms with Crippen molar-refractivity contribution >= 4 is 17.9 Å². The molecule has 1 atom stereocenters. The Bertz CT molecular complexity index is 1300. The molecule has 59 heavy (non-hydrogen) atoms. The molecule has 0 aliphatic heterocycles. The second-order valence-electron chi connectivity index (χ2n) is 14.7. The van der Waals surface area contributed by atoms with Crippen molar-refractivity contribution in [3.8, 4) is 0 Å². The zero-order valence-electron chi connectivity index (χ0n) is 37.5. The second kappa shape index (κ2) is 46.5. The predicted octanol–water partition coefficient (Wildman–Crippen LogP) is 15.0. The third-order valence-corrected chi connectivity index (χ3v) is 9.09. The maximum atomic E-state index is 12.7. The van der Waals surface area contributed by atoms with Crippen LogP contribution < -0.4 is 0 Å². The number of hydrogen-bond acceptors (Lipinski definition) is 6. The molecule has 0 aliphatic carbocycles. The highest BCUT2D eigenvalue weighted by atomic mass is 16.6. The van der Waals surface area contributed by atoms with Gasteiger partial charge in [-0.1, -0.05) is 200 Å². The van der Waals surface area contributed by atoms with Crippen LogP contribution in [0.2, 0.25) is 0 Å². The third-order valence-electron chi connectivity index (χ3n) is 9.09. The van der Waals surface area contributed by atoms with Crippen LogP contribution in [0.3, 0.4) is 0 Å². The van der Waals surface area contributed by atoms with Crippen molar-refractivity contribution < 1.29 is 28.6 Å². The molecule has 0 amide bonds. The van der Waals surface area contributed by atoms with Crippen molar-refractivity contribution in [3.63, 3.8) is 0 Å². The molecule has 0 aromatic rings. The number of ether oxygens (including phenoxy) is 3. The largest absolute Gasteiger partial charge is 0.462 e. The summed E-state index contributed by atoms with van der Waals surface area (Å²) in [6.07, 6.45) is 63.3. The second-order valence-corrected chi connectivity index (χ2v) is 14.7. The molecule has 6 nitrogen and oxygen atoms in total. The molecule has 0 fully saturated rings. The summed E-state index contributed by atoms with van der Waals surface area (Å²) in [6, 6.07) is 0. The van der Waals surface area contributed by atoms with E-state index in [9.17, 15) is 14.4 Å². The average Bonchev–Trinajstić information content (AvgIpc) is 3.23. The maximum absolute atomic E-state index is 12.7. The summed E-state index contributed by atoms with van der Waals surface area (Å²) in [4.78, 5) is 37.7. The lowest BCUT2D eigenvalue weighted by atomic mass is 10.1. The Hall–Kier alpha value is -4.19. The van der Waals surface area contributed by atoms with Gasteiger partial charge in [-0.2, -0.15) is 0 Å². The maximum Gasteiger partial charge on any atom is 0.306 e. The first-order valence-electron chi connectivity index (χ1n) is 23.1. The molecule has 0 spiro atoms. The number of carbonyl (C=O) groups is 3. The Morgan fingerprint density at radius 3 is 1.29 bits per heavy atom. The number of rotatable bonds is 39. The normalized spacial score (nSPS) is 13.2. The SMILES string of the molecule is CC\C=C/C=C\C=C/C=C\C=C/CCCCCC(=O)OC(COC(=O)CCC/C=C\C/C=C\C/C=C\C/C=C\C/C=C\CC)COC(=O)CCCCCCCCCCC. The Balaban J connectivity index is 4.56. The van der Waals surface area contributed by atoms with Crippen molar-refractivity contribution in [1.29, 1.82) is 0 Å². The topological polar surface area (TPSA) is 78.9 Å². The average molecular weight is 815 g/mol. The van der Waals surface area contributed by atoms with Crippen molar-refractivity contribution in [2.75, 3.05) is 13.2 Å². The van der Waals surface area contributed by atoms with Crippen LogP contribution in [0.1, 0.15) is 175 Å². The van der Waals surface area contributed by atoms with Gasteiger partial charge in [0, 0.05) is 19.3 Å². The quantitative estimate of drug-likeness (QED) is 0.0202. The first-order valence-corrected chi connectivity index (χ1v) is 23.1. The molecule has 0 rings (SSSR count). The number of allylic oxidation sites excluding steroid dienone is 20. The van der Waals surface area contributed by atoms with Gasteiger partial charge in [0.15, 0.2) is 6.10 Å². The molecule has 0 aromatic heterocycles. The molecule has 0 saturated heterocycles. The van der Waals surface area contributed by atoms with Crippen LogP contribution in [0.4, 0.5) is 0 Å². The van der Waals surface area contributed by atoms with Crippen molar-refractivity contribution in [2.24, 2.45) is 0 Å². The van der Waals surface area contributed by atoms with E-state index in [1.165, 1.54) is 38.5 Å². The van der Waals surface area contributed by atoms with Crippen LogP contribution >= 0.6 is 0 Å². The minimum atomic E-state index is -0.823. The van der Waals surface area contributed by atoms with E-state index < -0.39 is 6.10 Å². The number of hydrogen-bond donors (Lipinski definition) is 0. The summed E-state index contributed by atoms with van der Waals surface area (Å²) in [5.74, 6) is -1.04. The fourth-order valence-electron chi connectivity index (χ4n) is 5.67. The van der Waals surface area contributed by atoms with Crippen LogP contribution in [0.5, 0.6) is 0 Å². The molecular weight excluding hydrogens is 733 g/mol. The summed E-state index contributed by atoms with van der Waals surface area (Å²) in [5.41, 5.74) is 0. The van der Waals surface area contributed by atoms with Gasteiger partial charge in [0.1, 0.15) is 13.2 Å². The summed E-state index contributed by atoms with van der Waals surface area (Å²) in [5, 5.41) is 0. The van der Waals surface area contributed by atoms with Crippen LogP contribution in [-0.4, -0.2) is 37.2 Å². The van der Waals surface area contributed by atoms with Gasteiger partial charge in [-0.05, 0) is 77.0 Å². The van der Waals surface area contributed by atoms with Gasteiger partial charge in [0.25, 0.3) is 0 Å². The van der Waals surface area contributed by atoms with Gasteiger partial charge in [-0.3, -0.25) is 14.4 Å². The van der Waals surface area contributed by atoms with E-state index >= 15 is 0 Å². The predicted molar refractivity (Wildman–Crippen MR) is 251 cm³/mol. The Morgan fingerprint density at radius 2 is 0.763 bits per heavy atom. The van der Waals surface area contributed by atoms with Gasteiger partial charge in [0.2, 0.25) is 0 Å². The first kappa shape index (κ1) is 54.8. The summed E-state index contributed by atoms with van der Waals surface area (Å²) in [6.45, 7) is 6.24. The van der Waals surface area contributed by atoms with E-state index in [0.717, 1.165) is 83.5 Å². The molecule has 6 heteroatoms. The standard InChI is InChI=1S/C53H82O6/c1-4-7-10-13-16-19-21-23-25-26-28-29-31-34-37-40-43-46-52(55)58-49-50(48-57-51(54)45-42-39-36-33-18-15-12-9-6-3)59-53(56)47-44-41-38-35-32-30-27-24-22-20-17-14-11-8-5-2/h7-8,10-11,14,16-17,19-20,22-25,27-30,32,34,37,50H,4-6,9,12-13,15,18,21,26,31,33,35-36,38-49H2,1-3H3/b10-7-,11-8-,17-14-,19-16-,22-20-,25-23-,27-24-,29-28-,32-30-,37-34-. The van der Waals surface area contributed by atoms with Crippen LogP contribution in [0, 0.1) is 0 Å². The monoisotopic (exact) mass is 815 g/mol. The van der Waals surface area contributed by atoms with Gasteiger partial charge in [0.05, 0.1) is 0 Å². The summed E-state index contributed by atoms with van der Waals surface area (Å²) in [7, 11) is 0. The number of unbranched alkanes of at least 4 members (excludes halogenated alkanes) is 12. The van der Waals surface area contributed by atoms with Gasteiger partial charge < -0.3 is 14.2 Å². The number of carbonyl (C=O) groups excluding carboxylic acids is 3. The van der Waals surface area contributed by atoms with Crippen molar-refractivity contribution in [2.45, 2.75) is 181 Å². The highest BCUT2D eigenvalue weighted by molar-refractivity contribution is 5.71. The smallest absolute Gasteiger partial charge is 0.306 e. The van der Waals surface area contributed by atoms with E-state index in [-0.39, 0.29) is 44.0 Å². The van der Waals surface area contributed by atoms with Crippen molar-refractivity contribution in [1.82, 2.24) is 0 Å². The zero-order valence-corrected chi connectivity index (χ0v) is 37.5. The molecule has 0 heterocycles. The molecule has 0 aliphatic rings. The van der Waals surface area contributed by atoms with E-state index in [4.69, 9.17) is 14.2 Å². The molecule has 0 radical (unpaired) electrons. The van der Waals surface area contributed by atoms with Gasteiger partial charge in [-0.15, -0.1) is 0 Å². The fourth-order valence-corrected chi connectivity index (χ4v) is 5.67. The fraction of sp³-hybridized carbons (Fsp3) is 0.566. The highest BCUT2D eigenvalue weighted by Gasteiger charge is 2.19. The lowest BCUT2D eigenvalue weighted by Crippen LogP contribution is -2.30. The minimum Gasteiger partial charge on any atom is -0.462 e. The van der Waals surface area contributed by atoms with E-state index in [2.05, 4.69) is 93.7 Å². The lowest BCUT2D eigenvalue weighted by molar-refractivity contribution is -0.167. The molecule has 330 valence electrons. The van der Waals surface area contributed by atoms with E-state index in [0.29, 0.717) is 19.3 Å². The van der Waals surface area contributed by atoms with Gasteiger partial charge >= 0.3 is 17.9 Å². The van der Waals surface area contributed by atoms with Crippen molar-refractivity contribution in [3.05, 3.63) is 122 Å². The highest BCUT2D eigenvalue weighted by Crippen LogP contribution is 2.12. The molecule has 0 N–H and O–H groups in total. The zero-order chi connectivity index (χ0) is 43.0. The molecular formula is C53H82O6. The minimum absolute atomic E-state index is 0.116. The molecule has 0 saturated carbocycles. The third kappa shape index (κ3) is 44.8. The van der Waals surface area contributed by atoms with Crippen LogP contribution in [-0.2, 0) is 28.6 Å². The summed E-state index contributed by atoms with van der Waals surface area (Å²) >= 11 is 0. The Kier molecular flexibility index (Phi) is 43.2. The van der Waals surface area contributed by atoms with Crippen LogP contribution in [0.25, 0.3) is 0 Å². The molecule has 1 unspecified atom stereocenters. The first-order chi connectivity index (χ1) is 29.0. The Labute approximate surface area is 361 Å². The van der Waals surface area contributed by atoms with E-state index in [1.807, 2.05) is 48.6 Å². The lowest BCUT2D eigenvalue weighted by Gasteiger charge is -2.18. The summed E-state index contributed by atoms with van der Waals surface area (Å²) < 4.78 is 16.6. The molecule has 0 aromatic carbocycles. The Morgan fingerprint density at radius 1 is 0.373 bits per heavy atom. The van der Waals surface area contributed by atoms with E-state index in [1.54, 1.807) is 0 Å².